The summed E-state index contributed by atoms with van der Waals surface area (Å²) in [6.07, 6.45) is 0.924. The van der Waals surface area contributed by atoms with Crippen molar-refractivity contribution >= 4 is 23.4 Å². The Bertz CT molecular complexity index is 612. The smallest absolute Gasteiger partial charge is 0.0510 e. The molecule has 2 N–H and O–H groups in total. The largest absolute Gasteiger partial charge is 0.326 e. The molecule has 0 spiro atoms. The summed E-state index contributed by atoms with van der Waals surface area (Å²) in [7, 11) is 0. The second-order valence-electron chi connectivity index (χ2n) is 5.38. The quantitative estimate of drug-likeness (QED) is 0.733. The molecule has 0 aromatic heterocycles. The van der Waals surface area contributed by atoms with E-state index in [0.717, 1.165) is 17.0 Å². The van der Waals surface area contributed by atoms with Crippen molar-refractivity contribution in [1.29, 1.82) is 0 Å². The van der Waals surface area contributed by atoms with Crippen LogP contribution < -0.4 is 5.73 Å². The van der Waals surface area contributed by atoms with Crippen molar-refractivity contribution in [2.24, 2.45) is 5.73 Å². The van der Waals surface area contributed by atoms with Crippen LogP contribution in [0.3, 0.4) is 0 Å². The van der Waals surface area contributed by atoms with E-state index in [1.807, 2.05) is 18.2 Å². The number of halogens is 1. The Kier molecular flexibility index (Phi) is 5.74. The van der Waals surface area contributed by atoms with E-state index >= 15 is 0 Å². The lowest BCUT2D eigenvalue weighted by atomic mass is 10.0. The minimum absolute atomic E-state index is 0.0801. The number of aryl methyl sites for hydroxylation is 2. The maximum Gasteiger partial charge on any atom is 0.0510 e. The van der Waals surface area contributed by atoms with Crippen molar-refractivity contribution in [3.8, 4) is 0 Å². The molecule has 0 saturated carbocycles. The van der Waals surface area contributed by atoms with Gasteiger partial charge in [0.1, 0.15) is 0 Å². The third kappa shape index (κ3) is 4.03. The Morgan fingerprint density at radius 2 is 1.81 bits per heavy atom. The van der Waals surface area contributed by atoms with Crippen molar-refractivity contribution in [3.63, 3.8) is 0 Å². The fraction of sp³-hybridized carbons (Fsp3) is 0.333. The average Bonchev–Trinajstić information content (AvgIpc) is 2.48. The molecule has 2 aromatic carbocycles. The third-order valence-electron chi connectivity index (χ3n) is 3.81. The van der Waals surface area contributed by atoms with Gasteiger partial charge < -0.3 is 5.73 Å². The zero-order valence-corrected chi connectivity index (χ0v) is 14.3. The van der Waals surface area contributed by atoms with Crippen LogP contribution in [0.2, 0.25) is 5.02 Å². The summed E-state index contributed by atoms with van der Waals surface area (Å²) in [5.74, 6) is 0. The number of nitrogens with two attached hydrogens (primary N) is 1. The van der Waals surface area contributed by atoms with Gasteiger partial charge >= 0.3 is 0 Å². The molecule has 0 radical (unpaired) electrons. The second kappa shape index (κ2) is 7.35. The SMILES string of the molecule is CCC(N)C(Sc1ccc(C)c(C)c1)c1ccccc1Cl. The van der Waals surface area contributed by atoms with E-state index in [-0.39, 0.29) is 11.3 Å². The van der Waals surface area contributed by atoms with Gasteiger partial charge in [0.2, 0.25) is 0 Å². The van der Waals surface area contributed by atoms with Gasteiger partial charge in [-0.2, -0.15) is 0 Å². The molecule has 2 aromatic rings. The monoisotopic (exact) mass is 319 g/mol. The van der Waals surface area contributed by atoms with Gasteiger partial charge in [-0.3, -0.25) is 0 Å². The Labute approximate surface area is 136 Å². The third-order valence-corrected chi connectivity index (χ3v) is 5.54. The van der Waals surface area contributed by atoms with E-state index in [4.69, 9.17) is 17.3 Å². The van der Waals surface area contributed by atoms with Gasteiger partial charge in [-0.05, 0) is 55.2 Å². The van der Waals surface area contributed by atoms with Crippen molar-refractivity contribution in [2.45, 2.75) is 43.4 Å². The van der Waals surface area contributed by atoms with Gasteiger partial charge in [-0.1, -0.05) is 42.8 Å². The first-order valence-corrected chi connectivity index (χ1v) is 8.52. The van der Waals surface area contributed by atoms with Crippen LogP contribution in [-0.4, -0.2) is 6.04 Å². The lowest BCUT2D eigenvalue weighted by Gasteiger charge is -2.24. The van der Waals surface area contributed by atoms with E-state index < -0.39 is 0 Å². The van der Waals surface area contributed by atoms with Crippen LogP contribution in [-0.2, 0) is 0 Å². The summed E-state index contributed by atoms with van der Waals surface area (Å²) in [6, 6.07) is 14.6. The molecule has 2 atom stereocenters. The first-order chi connectivity index (χ1) is 10.0. The Hall–Kier alpha value is -0.960. The maximum atomic E-state index is 6.37. The highest BCUT2D eigenvalue weighted by Crippen LogP contribution is 2.41. The Morgan fingerprint density at radius 1 is 1.10 bits per heavy atom. The summed E-state index contributed by atoms with van der Waals surface area (Å²) in [5.41, 5.74) is 10.1. The van der Waals surface area contributed by atoms with Crippen molar-refractivity contribution < 1.29 is 0 Å². The number of rotatable bonds is 5. The minimum atomic E-state index is 0.0801. The molecule has 0 amide bonds. The molecule has 0 saturated heterocycles. The fourth-order valence-corrected chi connectivity index (χ4v) is 3.94. The lowest BCUT2D eigenvalue weighted by Crippen LogP contribution is -2.25. The van der Waals surface area contributed by atoms with Crippen LogP contribution in [0, 0.1) is 13.8 Å². The molecule has 2 unspecified atom stereocenters. The zero-order valence-electron chi connectivity index (χ0n) is 12.8. The molecule has 0 aliphatic carbocycles. The Morgan fingerprint density at radius 3 is 2.43 bits per heavy atom. The van der Waals surface area contributed by atoms with E-state index in [9.17, 15) is 0 Å². The minimum Gasteiger partial charge on any atom is -0.326 e. The van der Waals surface area contributed by atoms with E-state index in [0.29, 0.717) is 0 Å². The number of hydrogen-bond acceptors (Lipinski definition) is 2. The molecule has 0 bridgehead atoms. The van der Waals surface area contributed by atoms with Gasteiger partial charge in [-0.15, -0.1) is 11.8 Å². The predicted molar refractivity (Wildman–Crippen MR) is 94.2 cm³/mol. The van der Waals surface area contributed by atoms with Crippen LogP contribution in [0.1, 0.15) is 35.3 Å². The predicted octanol–water partition coefficient (Wildman–Crippen LogP) is 5.53. The highest BCUT2D eigenvalue weighted by atomic mass is 35.5. The molecule has 0 aliphatic heterocycles. The number of thioether (sulfide) groups is 1. The summed E-state index contributed by atoms with van der Waals surface area (Å²) >= 11 is 8.18. The van der Waals surface area contributed by atoms with Crippen LogP contribution in [0.25, 0.3) is 0 Å². The summed E-state index contributed by atoms with van der Waals surface area (Å²) in [5, 5.41) is 0.966. The summed E-state index contributed by atoms with van der Waals surface area (Å²) in [4.78, 5) is 1.24. The molecule has 3 heteroatoms. The first-order valence-electron chi connectivity index (χ1n) is 7.26. The van der Waals surface area contributed by atoms with Crippen molar-refractivity contribution in [3.05, 3.63) is 64.2 Å². The molecule has 2 rings (SSSR count). The highest BCUT2D eigenvalue weighted by Gasteiger charge is 2.22. The second-order valence-corrected chi connectivity index (χ2v) is 7.00. The number of hydrogen-bond donors (Lipinski definition) is 1. The van der Waals surface area contributed by atoms with Gasteiger partial charge in [-0.25, -0.2) is 0 Å². The van der Waals surface area contributed by atoms with Crippen LogP contribution in [0.15, 0.2) is 47.4 Å². The van der Waals surface area contributed by atoms with Crippen LogP contribution in [0.5, 0.6) is 0 Å². The molecule has 0 fully saturated rings. The molecule has 112 valence electrons. The molecular weight excluding hydrogens is 298 g/mol. The molecular formula is C18H22ClNS. The summed E-state index contributed by atoms with van der Waals surface area (Å²) in [6.45, 7) is 6.40. The maximum absolute atomic E-state index is 6.37. The average molecular weight is 320 g/mol. The lowest BCUT2D eigenvalue weighted by molar-refractivity contribution is 0.634. The molecule has 1 nitrogen and oxygen atoms in total. The van der Waals surface area contributed by atoms with Crippen LogP contribution in [0.4, 0.5) is 0 Å². The normalized spacial score (nSPS) is 14.0. The number of benzene rings is 2. The van der Waals surface area contributed by atoms with Gasteiger partial charge in [0.05, 0.1) is 5.25 Å². The highest BCUT2D eigenvalue weighted by molar-refractivity contribution is 7.99. The van der Waals surface area contributed by atoms with Crippen molar-refractivity contribution in [2.75, 3.05) is 0 Å². The molecule has 0 aliphatic rings. The Balaban J connectivity index is 2.33. The standard InChI is InChI=1S/C18H22ClNS/c1-4-17(20)18(15-7-5-6-8-16(15)19)21-14-10-9-12(2)13(3)11-14/h5-11,17-18H,4,20H2,1-3H3. The van der Waals surface area contributed by atoms with E-state index in [2.05, 4.69) is 45.0 Å². The van der Waals surface area contributed by atoms with Gasteiger partial charge in [0.15, 0.2) is 0 Å². The molecule has 0 heterocycles. The summed E-state index contributed by atoms with van der Waals surface area (Å²) < 4.78 is 0. The fourth-order valence-electron chi connectivity index (χ4n) is 2.24. The van der Waals surface area contributed by atoms with E-state index in [1.54, 1.807) is 11.8 Å². The van der Waals surface area contributed by atoms with Gasteiger partial charge in [0, 0.05) is 16.0 Å². The molecule has 21 heavy (non-hydrogen) atoms. The topological polar surface area (TPSA) is 26.0 Å². The van der Waals surface area contributed by atoms with Crippen LogP contribution >= 0.6 is 23.4 Å². The van der Waals surface area contributed by atoms with Crippen molar-refractivity contribution in [1.82, 2.24) is 0 Å². The van der Waals surface area contributed by atoms with Gasteiger partial charge in [0.25, 0.3) is 0 Å². The van der Waals surface area contributed by atoms with E-state index in [1.165, 1.54) is 16.0 Å². The zero-order chi connectivity index (χ0) is 15.4. The first kappa shape index (κ1) is 16.4.